The van der Waals surface area contributed by atoms with E-state index in [9.17, 15) is 14.7 Å². The number of hydrogen-bond acceptors (Lipinski definition) is 3. The van der Waals surface area contributed by atoms with Gasteiger partial charge in [-0.2, -0.15) is 0 Å². The minimum atomic E-state index is -1.07. The lowest BCUT2D eigenvalue weighted by Crippen LogP contribution is -2.45. The van der Waals surface area contributed by atoms with E-state index in [0.717, 1.165) is 12.8 Å². The number of hydrogen-bond donors (Lipinski definition) is 1. The molecule has 0 bridgehead atoms. The van der Waals surface area contributed by atoms with Gasteiger partial charge in [0.25, 0.3) is 5.56 Å². The van der Waals surface area contributed by atoms with Crippen molar-refractivity contribution in [3.05, 3.63) is 38.2 Å². The van der Waals surface area contributed by atoms with E-state index in [1.165, 1.54) is 4.90 Å². The van der Waals surface area contributed by atoms with Crippen molar-refractivity contribution in [3.63, 3.8) is 0 Å². The second kappa shape index (κ2) is 10.1. The molecule has 0 fully saturated rings. The van der Waals surface area contributed by atoms with Gasteiger partial charge in [-0.05, 0) is 45.2 Å². The first-order chi connectivity index (χ1) is 14.4. The van der Waals surface area contributed by atoms with Crippen LogP contribution in [0.1, 0.15) is 60.1 Å². The molecule has 172 valence electrons. The fraction of sp³-hybridized carbons (Fsp3) is 0.565. The summed E-state index contributed by atoms with van der Waals surface area (Å²) in [6.45, 7) is 12.4. The molecule has 1 heterocycles. The summed E-state index contributed by atoms with van der Waals surface area (Å²) in [5.74, 6) is 0.644. The van der Waals surface area contributed by atoms with E-state index in [1.54, 1.807) is 16.7 Å². The lowest BCUT2D eigenvalue weighted by Gasteiger charge is -2.34. The Morgan fingerprint density at radius 3 is 2.26 bits per heavy atom. The van der Waals surface area contributed by atoms with Crippen molar-refractivity contribution in [2.24, 2.45) is 5.92 Å². The molecule has 0 saturated heterocycles. The maximum atomic E-state index is 13.5. The van der Waals surface area contributed by atoms with Gasteiger partial charge in [-0.15, -0.1) is 0 Å². The quantitative estimate of drug-likeness (QED) is 0.451. The Labute approximate surface area is 193 Å². The van der Waals surface area contributed by atoms with Crippen molar-refractivity contribution >= 4 is 40.1 Å². The third-order valence-corrected chi connectivity index (χ3v) is 5.73. The Morgan fingerprint density at radius 1 is 1.19 bits per heavy atom. The van der Waals surface area contributed by atoms with Gasteiger partial charge in [0.15, 0.2) is 0 Å². The van der Waals surface area contributed by atoms with E-state index >= 15 is 0 Å². The summed E-state index contributed by atoms with van der Waals surface area (Å²) in [6, 6.07) is 3.20. The number of aromatic nitrogens is 1. The minimum absolute atomic E-state index is 0.0123. The smallest absolute Gasteiger partial charge is 0.408 e. The van der Waals surface area contributed by atoms with E-state index in [4.69, 9.17) is 27.9 Å². The van der Waals surface area contributed by atoms with Crippen LogP contribution >= 0.6 is 23.2 Å². The molecular weight excluding hydrogens is 439 g/mol. The zero-order chi connectivity index (χ0) is 23.5. The van der Waals surface area contributed by atoms with Gasteiger partial charge in [0.1, 0.15) is 5.75 Å². The number of ether oxygens (including phenoxy) is 1. The van der Waals surface area contributed by atoms with E-state index in [2.05, 4.69) is 6.92 Å². The van der Waals surface area contributed by atoms with Gasteiger partial charge in [0.05, 0.1) is 34.3 Å². The van der Waals surface area contributed by atoms with E-state index in [1.807, 2.05) is 34.6 Å². The molecular formula is C23H32Cl2N2O4. The van der Waals surface area contributed by atoms with Crippen molar-refractivity contribution in [1.82, 2.24) is 9.47 Å². The zero-order valence-electron chi connectivity index (χ0n) is 19.1. The third-order valence-electron chi connectivity index (χ3n) is 5.01. The van der Waals surface area contributed by atoms with Gasteiger partial charge in [-0.3, -0.25) is 9.69 Å². The lowest BCUT2D eigenvalue weighted by atomic mass is 10.0. The molecule has 1 N–H and O–H groups in total. The van der Waals surface area contributed by atoms with Crippen LogP contribution in [-0.4, -0.2) is 32.8 Å². The fourth-order valence-corrected chi connectivity index (χ4v) is 3.72. The molecule has 1 aromatic carbocycles. The van der Waals surface area contributed by atoms with E-state index in [-0.39, 0.29) is 23.0 Å². The number of halogens is 2. The van der Waals surface area contributed by atoms with Crippen molar-refractivity contribution in [2.45, 2.75) is 73.0 Å². The standard InChI is InChI=1S/C23H32Cl2N2O4/c1-7-8-9-31-20-15-10-17(24)18(25)11-16(15)21(28)26(12-14(2)3)19(20)13-27(22(29)30)23(4,5)6/h10-11,14H,7-9,12-13H2,1-6H3,(H,29,30). The van der Waals surface area contributed by atoms with Crippen LogP contribution < -0.4 is 10.3 Å². The number of rotatable bonds is 8. The maximum absolute atomic E-state index is 13.5. The van der Waals surface area contributed by atoms with Gasteiger partial charge >= 0.3 is 6.09 Å². The topological polar surface area (TPSA) is 71.8 Å². The lowest BCUT2D eigenvalue weighted by molar-refractivity contribution is 0.0927. The molecule has 31 heavy (non-hydrogen) atoms. The van der Waals surface area contributed by atoms with Gasteiger partial charge in [-0.25, -0.2) is 4.79 Å². The molecule has 0 aliphatic heterocycles. The second-order valence-corrected chi connectivity index (χ2v) is 9.95. The predicted molar refractivity (Wildman–Crippen MR) is 127 cm³/mol. The van der Waals surface area contributed by atoms with E-state index in [0.29, 0.717) is 40.4 Å². The molecule has 0 aliphatic carbocycles. The van der Waals surface area contributed by atoms with Crippen LogP contribution in [0, 0.1) is 5.92 Å². The summed E-state index contributed by atoms with van der Waals surface area (Å²) in [5, 5.41) is 11.4. The number of pyridine rings is 1. The Morgan fingerprint density at radius 2 is 1.77 bits per heavy atom. The van der Waals surface area contributed by atoms with Crippen molar-refractivity contribution in [2.75, 3.05) is 6.61 Å². The third kappa shape index (κ3) is 5.86. The highest BCUT2D eigenvalue weighted by Gasteiger charge is 2.30. The predicted octanol–water partition coefficient (Wildman–Crippen LogP) is 6.42. The summed E-state index contributed by atoms with van der Waals surface area (Å²) in [5.41, 5.74) is -0.380. The highest BCUT2D eigenvalue weighted by molar-refractivity contribution is 6.42. The number of carboxylic acid groups (broad SMARTS) is 1. The number of benzene rings is 1. The Balaban J connectivity index is 2.89. The van der Waals surface area contributed by atoms with Crippen LogP contribution in [0.25, 0.3) is 10.8 Å². The van der Waals surface area contributed by atoms with Gasteiger partial charge < -0.3 is 14.4 Å². The summed E-state index contributed by atoms with van der Waals surface area (Å²) in [6.07, 6.45) is 0.701. The second-order valence-electron chi connectivity index (χ2n) is 9.14. The zero-order valence-corrected chi connectivity index (χ0v) is 20.6. The van der Waals surface area contributed by atoms with Crippen LogP contribution in [0.2, 0.25) is 10.0 Å². The molecule has 0 unspecified atom stereocenters. The Bertz CT molecular complexity index is 1010. The molecule has 8 heteroatoms. The van der Waals surface area contributed by atoms with Crippen molar-refractivity contribution in [3.8, 4) is 5.75 Å². The highest BCUT2D eigenvalue weighted by atomic mass is 35.5. The first-order valence-electron chi connectivity index (χ1n) is 10.6. The first-order valence-corrected chi connectivity index (χ1v) is 11.3. The van der Waals surface area contributed by atoms with Crippen molar-refractivity contribution < 1.29 is 14.6 Å². The molecule has 2 aromatic rings. The summed E-state index contributed by atoms with van der Waals surface area (Å²) >= 11 is 12.5. The Kier molecular flexibility index (Phi) is 8.28. The molecule has 0 atom stereocenters. The fourth-order valence-electron chi connectivity index (χ4n) is 3.39. The molecule has 0 spiro atoms. The van der Waals surface area contributed by atoms with Gasteiger partial charge in [0.2, 0.25) is 0 Å². The average molecular weight is 471 g/mol. The van der Waals surface area contributed by atoms with Crippen LogP contribution in [-0.2, 0) is 13.1 Å². The van der Waals surface area contributed by atoms with E-state index < -0.39 is 11.6 Å². The molecule has 0 aliphatic rings. The molecule has 1 amide bonds. The largest absolute Gasteiger partial charge is 0.491 e. The molecule has 0 radical (unpaired) electrons. The maximum Gasteiger partial charge on any atom is 0.408 e. The summed E-state index contributed by atoms with van der Waals surface area (Å²) in [7, 11) is 0. The molecule has 2 rings (SSSR count). The number of fused-ring (bicyclic) bond motifs is 1. The number of amides is 1. The summed E-state index contributed by atoms with van der Waals surface area (Å²) < 4.78 is 7.80. The van der Waals surface area contributed by atoms with Crippen LogP contribution in [0.15, 0.2) is 16.9 Å². The minimum Gasteiger partial charge on any atom is -0.491 e. The monoisotopic (exact) mass is 470 g/mol. The number of unbranched alkanes of at least 4 members (excludes halogenated alkanes) is 1. The Hall–Kier alpha value is -1.92. The molecule has 0 saturated carbocycles. The van der Waals surface area contributed by atoms with Crippen LogP contribution in [0.3, 0.4) is 0 Å². The molecule has 1 aromatic heterocycles. The summed E-state index contributed by atoms with van der Waals surface area (Å²) in [4.78, 5) is 26.8. The normalized spacial score (nSPS) is 11.9. The van der Waals surface area contributed by atoms with Crippen molar-refractivity contribution in [1.29, 1.82) is 0 Å². The first kappa shape index (κ1) is 25.3. The number of carbonyl (C=O) groups is 1. The molecule has 6 nitrogen and oxygen atoms in total. The average Bonchev–Trinajstić information content (AvgIpc) is 2.64. The SMILES string of the molecule is CCCCOc1c(CN(C(=O)O)C(C)(C)C)n(CC(C)C)c(=O)c2cc(Cl)c(Cl)cc12. The van der Waals surface area contributed by atoms with Gasteiger partial charge in [0, 0.05) is 17.5 Å². The van der Waals surface area contributed by atoms with Gasteiger partial charge in [-0.1, -0.05) is 50.4 Å². The van der Waals surface area contributed by atoms with Crippen LogP contribution in [0.5, 0.6) is 5.75 Å². The number of nitrogens with zero attached hydrogens (tertiary/aromatic N) is 2. The highest BCUT2D eigenvalue weighted by Crippen LogP contribution is 2.35. The van der Waals surface area contributed by atoms with Crippen LogP contribution in [0.4, 0.5) is 4.79 Å².